The molecule has 5 rings (SSSR count). The summed E-state index contributed by atoms with van der Waals surface area (Å²) in [4.78, 5) is 36.3. The highest BCUT2D eigenvalue weighted by atomic mass is 32.2. The van der Waals surface area contributed by atoms with Crippen LogP contribution >= 0.6 is 0 Å². The Morgan fingerprint density at radius 3 is 2.60 bits per heavy atom. The fourth-order valence-corrected chi connectivity index (χ4v) is 4.56. The predicted molar refractivity (Wildman–Crippen MR) is 150 cm³/mol. The number of carbonyl (C=O) groups excluding carboxylic acids is 1. The number of para-hydroxylation sites is 1. The number of hydrogen-bond donors (Lipinski definition) is 3. The van der Waals surface area contributed by atoms with E-state index in [0.717, 1.165) is 6.26 Å². The van der Waals surface area contributed by atoms with Gasteiger partial charge in [-0.1, -0.05) is 36.1 Å². The Hall–Kier alpha value is -5.06. The van der Waals surface area contributed by atoms with Gasteiger partial charge in [0.15, 0.2) is 17.2 Å². The van der Waals surface area contributed by atoms with Crippen LogP contribution in [0.1, 0.15) is 34.8 Å². The Morgan fingerprint density at radius 1 is 1.07 bits per heavy atom. The summed E-state index contributed by atoms with van der Waals surface area (Å²) in [7, 11) is -3.41. The van der Waals surface area contributed by atoms with E-state index in [0.29, 0.717) is 22.4 Å². The molecule has 13 heteroatoms. The van der Waals surface area contributed by atoms with Crippen LogP contribution in [0.3, 0.4) is 0 Å². The van der Waals surface area contributed by atoms with Crippen molar-refractivity contribution >= 4 is 38.3 Å². The molecule has 2 aromatic carbocycles. The Labute approximate surface area is 228 Å². The zero-order chi connectivity index (χ0) is 28.4. The van der Waals surface area contributed by atoms with Crippen LogP contribution in [0.5, 0.6) is 0 Å². The highest BCUT2D eigenvalue weighted by Gasteiger charge is 2.24. The number of amides is 1. The lowest BCUT2D eigenvalue weighted by molar-refractivity contribution is 0.0931. The van der Waals surface area contributed by atoms with Crippen molar-refractivity contribution < 1.29 is 13.2 Å². The van der Waals surface area contributed by atoms with Gasteiger partial charge in [0.25, 0.3) is 11.5 Å². The average molecular weight is 557 g/mol. The third kappa shape index (κ3) is 5.26. The smallest absolute Gasteiger partial charge is 0.274 e. The fraction of sp³-hybridized carbons (Fsp3) is 0.148. The van der Waals surface area contributed by atoms with E-state index in [4.69, 9.17) is 10.7 Å². The SMILES string of the molecule is C[C@@H](NC(=O)c1c(N)nc2cccnn12)c1nc2cccc(C#CCNS(C)(=O)=O)c2c(=O)n1-c1ccccc1. The molecule has 12 nitrogen and oxygen atoms in total. The van der Waals surface area contributed by atoms with Gasteiger partial charge in [0.05, 0.1) is 35.4 Å². The number of nitrogens with zero attached hydrogens (tertiary/aromatic N) is 5. The van der Waals surface area contributed by atoms with Crippen LogP contribution in [0.25, 0.3) is 22.2 Å². The molecule has 0 saturated carbocycles. The summed E-state index contributed by atoms with van der Waals surface area (Å²) in [5.41, 5.74) is 7.41. The van der Waals surface area contributed by atoms with Crippen LogP contribution in [0, 0.1) is 11.8 Å². The number of anilines is 1. The minimum absolute atomic E-state index is 0.0175. The maximum absolute atomic E-state index is 14.0. The van der Waals surface area contributed by atoms with Crippen molar-refractivity contribution in [2.75, 3.05) is 18.5 Å². The lowest BCUT2D eigenvalue weighted by atomic mass is 10.1. The maximum Gasteiger partial charge on any atom is 0.274 e. The van der Waals surface area contributed by atoms with E-state index >= 15 is 0 Å². The van der Waals surface area contributed by atoms with Gasteiger partial charge in [-0.2, -0.15) is 5.10 Å². The standard InChI is InChI=1S/C27H24N8O4S/c1-17(31-26(36)23-24(28)33-21-14-8-15-29-35(21)23)25-32-20-13-6-9-18(10-7-16-30-40(2,38)39)22(20)27(37)34(25)19-11-4-3-5-12-19/h3-6,8-9,11-15,17,30H,16,28H2,1-2H3,(H,31,36)/t17-/m1/s1. The first kappa shape index (κ1) is 26.5. The van der Waals surface area contributed by atoms with E-state index in [1.54, 1.807) is 61.5 Å². The molecule has 4 N–H and O–H groups in total. The minimum Gasteiger partial charge on any atom is -0.382 e. The fourth-order valence-electron chi connectivity index (χ4n) is 4.22. The number of fused-ring (bicyclic) bond motifs is 2. The van der Waals surface area contributed by atoms with Crippen LogP contribution in [0.15, 0.2) is 71.7 Å². The summed E-state index contributed by atoms with van der Waals surface area (Å²) in [6, 6.07) is 16.6. The lowest BCUT2D eigenvalue weighted by Gasteiger charge is -2.20. The van der Waals surface area contributed by atoms with Gasteiger partial charge in [-0.05, 0) is 43.3 Å². The molecule has 0 spiro atoms. The normalized spacial score (nSPS) is 12.2. The first-order valence-electron chi connectivity index (χ1n) is 12.1. The number of benzene rings is 2. The Kier molecular flexibility index (Phi) is 7.03. The van der Waals surface area contributed by atoms with Crippen molar-refractivity contribution in [3.05, 3.63) is 94.3 Å². The predicted octanol–water partition coefficient (Wildman–Crippen LogP) is 1.40. The zero-order valence-corrected chi connectivity index (χ0v) is 22.3. The first-order valence-corrected chi connectivity index (χ1v) is 14.0. The van der Waals surface area contributed by atoms with E-state index in [2.05, 4.69) is 32.0 Å². The third-order valence-corrected chi connectivity index (χ3v) is 6.62. The molecule has 0 aliphatic heterocycles. The Bertz CT molecular complexity index is 1990. The average Bonchev–Trinajstić information content (AvgIpc) is 3.26. The van der Waals surface area contributed by atoms with E-state index in [-0.39, 0.29) is 29.3 Å². The van der Waals surface area contributed by atoms with Gasteiger partial charge in [-0.25, -0.2) is 27.6 Å². The molecule has 0 aliphatic carbocycles. The molecular weight excluding hydrogens is 532 g/mol. The molecule has 0 bridgehead atoms. The summed E-state index contributed by atoms with van der Waals surface area (Å²) in [6.07, 6.45) is 2.56. The summed E-state index contributed by atoms with van der Waals surface area (Å²) in [5.74, 6) is 5.37. The second-order valence-electron chi connectivity index (χ2n) is 8.88. The van der Waals surface area contributed by atoms with Crippen LogP contribution < -0.4 is 21.3 Å². The zero-order valence-electron chi connectivity index (χ0n) is 21.5. The molecule has 3 heterocycles. The monoisotopic (exact) mass is 556 g/mol. The van der Waals surface area contributed by atoms with Gasteiger partial charge in [0, 0.05) is 11.8 Å². The van der Waals surface area contributed by atoms with Gasteiger partial charge < -0.3 is 11.1 Å². The van der Waals surface area contributed by atoms with E-state index in [1.807, 2.05) is 6.07 Å². The number of imidazole rings is 1. The number of rotatable bonds is 6. The molecule has 1 amide bonds. The van der Waals surface area contributed by atoms with E-state index in [9.17, 15) is 18.0 Å². The Balaban J connectivity index is 1.60. The summed E-state index contributed by atoms with van der Waals surface area (Å²) in [5, 5.41) is 7.30. The molecular formula is C27H24N8O4S. The van der Waals surface area contributed by atoms with Gasteiger partial charge >= 0.3 is 0 Å². The second kappa shape index (κ2) is 10.6. The topological polar surface area (TPSA) is 166 Å². The van der Waals surface area contributed by atoms with Crippen molar-refractivity contribution in [2.24, 2.45) is 0 Å². The molecule has 0 saturated heterocycles. The largest absolute Gasteiger partial charge is 0.382 e. The van der Waals surface area contributed by atoms with Gasteiger partial charge in [0.2, 0.25) is 10.0 Å². The summed E-state index contributed by atoms with van der Waals surface area (Å²) < 4.78 is 27.8. The number of nitrogen functional groups attached to an aromatic ring is 1. The molecule has 5 aromatic rings. The molecule has 202 valence electrons. The highest BCUT2D eigenvalue weighted by molar-refractivity contribution is 7.88. The summed E-state index contributed by atoms with van der Waals surface area (Å²) in [6.45, 7) is 1.59. The van der Waals surface area contributed by atoms with Crippen molar-refractivity contribution in [2.45, 2.75) is 13.0 Å². The third-order valence-electron chi connectivity index (χ3n) is 5.95. The van der Waals surface area contributed by atoms with Gasteiger partial charge in [-0.15, -0.1) is 0 Å². The van der Waals surface area contributed by atoms with Crippen LogP contribution in [0.2, 0.25) is 0 Å². The van der Waals surface area contributed by atoms with Crippen LogP contribution in [0.4, 0.5) is 5.82 Å². The highest BCUT2D eigenvalue weighted by Crippen LogP contribution is 2.21. The number of hydrogen-bond acceptors (Lipinski definition) is 8. The molecule has 0 unspecified atom stereocenters. The number of nitrogens with one attached hydrogen (secondary N) is 2. The molecule has 3 aromatic heterocycles. The second-order valence-corrected chi connectivity index (χ2v) is 10.7. The maximum atomic E-state index is 14.0. The summed E-state index contributed by atoms with van der Waals surface area (Å²) >= 11 is 0. The quantitative estimate of drug-likeness (QED) is 0.264. The molecule has 0 aliphatic rings. The van der Waals surface area contributed by atoms with Gasteiger partial charge in [0.1, 0.15) is 5.82 Å². The van der Waals surface area contributed by atoms with Crippen molar-refractivity contribution in [1.82, 2.24) is 34.2 Å². The van der Waals surface area contributed by atoms with Crippen molar-refractivity contribution in [3.8, 4) is 17.5 Å². The number of aromatic nitrogens is 5. The van der Waals surface area contributed by atoms with E-state index in [1.165, 1.54) is 15.3 Å². The number of sulfonamides is 1. The first-order chi connectivity index (χ1) is 19.1. The molecule has 0 fully saturated rings. The van der Waals surface area contributed by atoms with Crippen LogP contribution in [-0.2, 0) is 10.0 Å². The van der Waals surface area contributed by atoms with E-state index < -0.39 is 27.5 Å². The molecule has 1 atom stereocenters. The number of nitrogens with two attached hydrogens (primary N) is 1. The lowest BCUT2D eigenvalue weighted by Crippen LogP contribution is -2.34. The van der Waals surface area contributed by atoms with Crippen molar-refractivity contribution in [3.63, 3.8) is 0 Å². The molecule has 40 heavy (non-hydrogen) atoms. The minimum atomic E-state index is -3.41. The van der Waals surface area contributed by atoms with Crippen molar-refractivity contribution in [1.29, 1.82) is 0 Å². The Morgan fingerprint density at radius 2 is 1.85 bits per heavy atom. The van der Waals surface area contributed by atoms with Crippen LogP contribution in [-0.4, -0.2) is 51.3 Å². The molecule has 0 radical (unpaired) electrons. The number of carbonyl (C=O) groups is 1. The van der Waals surface area contributed by atoms with Gasteiger partial charge in [-0.3, -0.25) is 14.2 Å².